The Kier molecular flexibility index (Phi) is 7.86. The van der Waals surface area contributed by atoms with E-state index in [1.807, 2.05) is 39.8 Å². The second-order valence-electron chi connectivity index (χ2n) is 8.57. The van der Waals surface area contributed by atoms with Crippen LogP contribution in [0.25, 0.3) is 0 Å². The molecular formula is C25H29NO5. The topological polar surface area (TPSA) is 89.5 Å². The number of esters is 1. The highest BCUT2D eigenvalue weighted by molar-refractivity contribution is 6.01. The van der Waals surface area contributed by atoms with Gasteiger partial charge in [0.25, 0.3) is 0 Å². The number of aryl methyl sites for hydroxylation is 1. The Morgan fingerprint density at radius 3 is 1.97 bits per heavy atom. The maximum atomic E-state index is 12.5. The fourth-order valence-corrected chi connectivity index (χ4v) is 2.68. The summed E-state index contributed by atoms with van der Waals surface area (Å²) in [5, 5.41) is 2.79. The summed E-state index contributed by atoms with van der Waals surface area (Å²) in [5.41, 5.74) is 2.01. The lowest BCUT2D eigenvalue weighted by Gasteiger charge is -2.18. The maximum Gasteiger partial charge on any atom is 0.306 e. The smallest absolute Gasteiger partial charge is 0.306 e. The fourth-order valence-electron chi connectivity index (χ4n) is 2.68. The molecule has 2 aromatic rings. The number of carbonyl (C=O) groups excluding carboxylic acids is 4. The number of amides is 1. The van der Waals surface area contributed by atoms with E-state index in [2.05, 4.69) is 5.32 Å². The Bertz CT molecular complexity index is 953. The number of nitrogens with one attached hydrogen (secondary N) is 1. The van der Waals surface area contributed by atoms with Crippen molar-refractivity contribution in [3.63, 3.8) is 0 Å². The molecular weight excluding hydrogens is 394 g/mol. The van der Waals surface area contributed by atoms with Crippen LogP contribution < -0.4 is 5.32 Å². The average Bonchev–Trinajstić information content (AvgIpc) is 2.71. The zero-order chi connectivity index (χ0) is 23.2. The highest BCUT2D eigenvalue weighted by Gasteiger charge is 2.22. The standard InChI is InChI=1S/C25H29NO5/c1-16-6-8-18(9-7-16)21(27)14-15-22(28)31-17(2)23(29)19-10-12-20(13-11-19)26-24(30)25(3,4)5/h6-13,17H,14-15H2,1-5H3,(H,26,30)/t17-/m0/s1. The summed E-state index contributed by atoms with van der Waals surface area (Å²) in [6.07, 6.45) is -1.05. The largest absolute Gasteiger partial charge is 0.454 e. The number of ether oxygens (including phenoxy) is 1. The van der Waals surface area contributed by atoms with Gasteiger partial charge in [0.05, 0.1) is 6.42 Å². The highest BCUT2D eigenvalue weighted by atomic mass is 16.5. The normalized spacial score (nSPS) is 12.0. The third-order valence-electron chi connectivity index (χ3n) is 4.72. The first kappa shape index (κ1) is 24.0. The number of ketones is 2. The van der Waals surface area contributed by atoms with Gasteiger partial charge in [0.15, 0.2) is 11.9 Å². The van der Waals surface area contributed by atoms with Crippen LogP contribution in [0.5, 0.6) is 0 Å². The number of benzene rings is 2. The summed E-state index contributed by atoms with van der Waals surface area (Å²) in [4.78, 5) is 48.8. The first-order valence-electron chi connectivity index (χ1n) is 10.2. The molecule has 6 heteroatoms. The molecule has 6 nitrogen and oxygen atoms in total. The van der Waals surface area contributed by atoms with Crippen molar-refractivity contribution in [3.05, 3.63) is 65.2 Å². The van der Waals surface area contributed by atoms with Crippen molar-refractivity contribution in [2.45, 2.75) is 53.6 Å². The molecule has 164 valence electrons. The number of anilines is 1. The van der Waals surface area contributed by atoms with Crippen LogP contribution in [-0.4, -0.2) is 29.5 Å². The number of Topliss-reactive ketones (excluding diaryl/α,β-unsaturated/α-hetero) is 2. The molecule has 2 rings (SSSR count). The molecule has 0 bridgehead atoms. The Hall–Kier alpha value is -3.28. The molecule has 1 N–H and O–H groups in total. The molecule has 0 saturated carbocycles. The van der Waals surface area contributed by atoms with Crippen molar-refractivity contribution in [3.8, 4) is 0 Å². The Morgan fingerprint density at radius 2 is 1.42 bits per heavy atom. The van der Waals surface area contributed by atoms with E-state index >= 15 is 0 Å². The van der Waals surface area contributed by atoms with E-state index < -0.39 is 17.5 Å². The summed E-state index contributed by atoms with van der Waals surface area (Å²) in [7, 11) is 0. The lowest BCUT2D eigenvalue weighted by molar-refractivity contribution is -0.146. The first-order chi connectivity index (χ1) is 14.5. The quantitative estimate of drug-likeness (QED) is 0.488. The summed E-state index contributed by atoms with van der Waals surface area (Å²) in [6.45, 7) is 8.86. The van der Waals surface area contributed by atoms with Gasteiger partial charge in [-0.1, -0.05) is 50.6 Å². The number of hydrogen-bond donors (Lipinski definition) is 1. The van der Waals surface area contributed by atoms with Gasteiger partial charge in [-0.15, -0.1) is 0 Å². The van der Waals surface area contributed by atoms with Crippen LogP contribution in [0, 0.1) is 12.3 Å². The third-order valence-corrected chi connectivity index (χ3v) is 4.72. The molecule has 0 radical (unpaired) electrons. The lowest BCUT2D eigenvalue weighted by Crippen LogP contribution is -2.27. The number of hydrogen-bond acceptors (Lipinski definition) is 5. The van der Waals surface area contributed by atoms with Crippen molar-refractivity contribution in [1.82, 2.24) is 0 Å². The summed E-state index contributed by atoms with van der Waals surface area (Å²) in [5.74, 6) is -1.24. The van der Waals surface area contributed by atoms with Crippen LogP contribution in [0.4, 0.5) is 5.69 Å². The van der Waals surface area contributed by atoms with Crippen LogP contribution in [0.15, 0.2) is 48.5 Å². The molecule has 1 amide bonds. The molecule has 0 fully saturated rings. The molecule has 0 aromatic heterocycles. The zero-order valence-electron chi connectivity index (χ0n) is 18.7. The minimum absolute atomic E-state index is 0.0188. The molecule has 0 aliphatic rings. The van der Waals surface area contributed by atoms with Crippen molar-refractivity contribution in [2.24, 2.45) is 5.41 Å². The maximum absolute atomic E-state index is 12.5. The van der Waals surface area contributed by atoms with E-state index in [0.29, 0.717) is 16.8 Å². The Labute approximate surface area is 183 Å². The van der Waals surface area contributed by atoms with Crippen molar-refractivity contribution in [1.29, 1.82) is 0 Å². The van der Waals surface area contributed by atoms with E-state index in [-0.39, 0.29) is 30.3 Å². The highest BCUT2D eigenvalue weighted by Crippen LogP contribution is 2.18. The number of carbonyl (C=O) groups is 4. The van der Waals surface area contributed by atoms with E-state index in [1.165, 1.54) is 6.92 Å². The van der Waals surface area contributed by atoms with Crippen molar-refractivity contribution < 1.29 is 23.9 Å². The van der Waals surface area contributed by atoms with E-state index in [4.69, 9.17) is 4.74 Å². The second-order valence-corrected chi connectivity index (χ2v) is 8.57. The van der Waals surface area contributed by atoms with Crippen LogP contribution in [0.1, 0.15) is 66.8 Å². The molecule has 0 spiro atoms. The van der Waals surface area contributed by atoms with Crippen LogP contribution in [0.2, 0.25) is 0 Å². The number of rotatable bonds is 8. The van der Waals surface area contributed by atoms with Gasteiger partial charge in [-0.3, -0.25) is 19.2 Å². The molecule has 0 aliphatic heterocycles. The monoisotopic (exact) mass is 423 g/mol. The average molecular weight is 424 g/mol. The summed E-state index contributed by atoms with van der Waals surface area (Å²) < 4.78 is 5.20. The van der Waals surface area contributed by atoms with Gasteiger partial charge in [-0.25, -0.2) is 0 Å². The Morgan fingerprint density at radius 1 is 0.871 bits per heavy atom. The predicted octanol–water partition coefficient (Wildman–Crippen LogP) is 4.76. The molecule has 0 aliphatic carbocycles. The fraction of sp³-hybridized carbons (Fsp3) is 0.360. The van der Waals surface area contributed by atoms with Crippen molar-refractivity contribution in [2.75, 3.05) is 5.32 Å². The van der Waals surface area contributed by atoms with Gasteiger partial charge >= 0.3 is 5.97 Å². The Balaban J connectivity index is 1.86. The SMILES string of the molecule is Cc1ccc(C(=O)CCC(=O)O[C@@H](C)C(=O)c2ccc(NC(=O)C(C)(C)C)cc2)cc1. The van der Waals surface area contributed by atoms with Crippen LogP contribution in [-0.2, 0) is 14.3 Å². The third kappa shape index (κ3) is 7.17. The van der Waals surface area contributed by atoms with E-state index in [9.17, 15) is 19.2 Å². The second kappa shape index (κ2) is 10.2. The van der Waals surface area contributed by atoms with E-state index in [0.717, 1.165) is 5.56 Å². The molecule has 2 aromatic carbocycles. The summed E-state index contributed by atoms with van der Waals surface area (Å²) in [6, 6.07) is 13.5. The van der Waals surface area contributed by atoms with Crippen LogP contribution >= 0.6 is 0 Å². The van der Waals surface area contributed by atoms with E-state index in [1.54, 1.807) is 36.4 Å². The molecule has 31 heavy (non-hydrogen) atoms. The van der Waals surface area contributed by atoms with Crippen LogP contribution in [0.3, 0.4) is 0 Å². The van der Waals surface area contributed by atoms with Gasteiger partial charge in [0, 0.05) is 28.7 Å². The molecule has 0 unspecified atom stereocenters. The van der Waals surface area contributed by atoms with Gasteiger partial charge in [-0.05, 0) is 38.1 Å². The molecule has 0 saturated heterocycles. The minimum atomic E-state index is -0.975. The predicted molar refractivity (Wildman–Crippen MR) is 119 cm³/mol. The van der Waals surface area contributed by atoms with Gasteiger partial charge in [0.2, 0.25) is 11.7 Å². The van der Waals surface area contributed by atoms with Gasteiger partial charge < -0.3 is 10.1 Å². The molecule has 1 atom stereocenters. The van der Waals surface area contributed by atoms with Gasteiger partial charge in [-0.2, -0.15) is 0 Å². The minimum Gasteiger partial charge on any atom is -0.454 e. The van der Waals surface area contributed by atoms with Crippen molar-refractivity contribution >= 4 is 29.1 Å². The summed E-state index contributed by atoms with van der Waals surface area (Å²) >= 11 is 0. The molecule has 0 heterocycles. The van der Waals surface area contributed by atoms with Gasteiger partial charge in [0.1, 0.15) is 0 Å². The zero-order valence-corrected chi connectivity index (χ0v) is 18.7. The lowest BCUT2D eigenvalue weighted by atomic mass is 9.95. The first-order valence-corrected chi connectivity index (χ1v) is 10.2.